The summed E-state index contributed by atoms with van der Waals surface area (Å²) in [5.74, 6) is 1.63. The van der Waals surface area contributed by atoms with Crippen LogP contribution in [0.3, 0.4) is 0 Å². The van der Waals surface area contributed by atoms with Crippen molar-refractivity contribution in [3.8, 4) is 11.5 Å². The quantitative estimate of drug-likeness (QED) is 0.317. The van der Waals surface area contributed by atoms with Crippen LogP contribution in [-0.4, -0.2) is 51.7 Å². The van der Waals surface area contributed by atoms with Crippen molar-refractivity contribution in [3.05, 3.63) is 88.6 Å². The molecule has 0 radical (unpaired) electrons. The van der Waals surface area contributed by atoms with Crippen molar-refractivity contribution < 1.29 is 13.9 Å². The SMILES string of the molecule is COc1ccc2c(c1)OC(C)(C)C(c1ccncc1Cl)=C2c1ccn2cc(CN3CC(CF)C3)nc2c1. The molecule has 8 heteroatoms. The van der Waals surface area contributed by atoms with E-state index in [1.54, 1.807) is 19.5 Å². The van der Waals surface area contributed by atoms with E-state index >= 15 is 0 Å². The number of ether oxygens (including phenoxy) is 2. The van der Waals surface area contributed by atoms with Gasteiger partial charge in [0.25, 0.3) is 0 Å². The molecule has 2 aliphatic rings. The van der Waals surface area contributed by atoms with Crippen molar-refractivity contribution >= 4 is 28.4 Å². The summed E-state index contributed by atoms with van der Waals surface area (Å²) in [6.45, 7) is 6.13. The molecule has 0 bridgehead atoms. The largest absolute Gasteiger partial charge is 0.497 e. The van der Waals surface area contributed by atoms with Crippen molar-refractivity contribution in [1.29, 1.82) is 0 Å². The van der Waals surface area contributed by atoms with E-state index < -0.39 is 5.60 Å². The summed E-state index contributed by atoms with van der Waals surface area (Å²) >= 11 is 6.68. The monoisotopic (exact) mass is 518 g/mol. The maximum Gasteiger partial charge on any atom is 0.137 e. The zero-order valence-electron chi connectivity index (χ0n) is 21.0. The van der Waals surface area contributed by atoms with Crippen LogP contribution in [0.25, 0.3) is 16.8 Å². The van der Waals surface area contributed by atoms with Crippen LogP contribution >= 0.6 is 11.6 Å². The van der Waals surface area contributed by atoms with E-state index in [1.807, 2.05) is 54.9 Å². The van der Waals surface area contributed by atoms with Gasteiger partial charge in [0.15, 0.2) is 0 Å². The highest BCUT2D eigenvalue weighted by molar-refractivity contribution is 6.32. The van der Waals surface area contributed by atoms with E-state index in [2.05, 4.69) is 22.0 Å². The highest BCUT2D eigenvalue weighted by Gasteiger charge is 2.37. The first-order chi connectivity index (χ1) is 17.9. The van der Waals surface area contributed by atoms with Gasteiger partial charge in [0.2, 0.25) is 0 Å². The number of rotatable bonds is 6. The zero-order chi connectivity index (χ0) is 25.7. The molecule has 0 unspecified atom stereocenters. The normalized spacial score (nSPS) is 17.4. The molecule has 4 aromatic rings. The first-order valence-electron chi connectivity index (χ1n) is 12.3. The molecule has 3 aromatic heterocycles. The predicted molar refractivity (Wildman–Crippen MR) is 143 cm³/mol. The Hall–Kier alpha value is -3.42. The molecule has 190 valence electrons. The Bertz CT molecular complexity index is 1520. The summed E-state index contributed by atoms with van der Waals surface area (Å²) in [5.41, 5.74) is 5.99. The van der Waals surface area contributed by atoms with Crippen LogP contribution in [0.2, 0.25) is 5.02 Å². The molecule has 6 rings (SSSR count). The zero-order valence-corrected chi connectivity index (χ0v) is 21.8. The van der Waals surface area contributed by atoms with E-state index in [-0.39, 0.29) is 12.6 Å². The standard InChI is InChI=1S/C29H28ClFN4O2/c1-29(2)28(22-6-8-32-13-24(22)30)27(23-5-4-21(36-3)11-25(23)37-29)19-7-9-35-17-20(33-26(35)10-19)16-34-14-18(12-31)15-34/h4-11,13,17-18H,12,14-16H2,1-3H3. The molecule has 5 heterocycles. The number of halogens is 2. The van der Waals surface area contributed by atoms with Crippen LogP contribution < -0.4 is 9.47 Å². The lowest BCUT2D eigenvalue weighted by molar-refractivity contribution is 0.0727. The third kappa shape index (κ3) is 4.26. The van der Waals surface area contributed by atoms with Crippen molar-refractivity contribution in [3.63, 3.8) is 0 Å². The number of hydrogen-bond donors (Lipinski definition) is 0. The minimum atomic E-state index is -0.684. The summed E-state index contributed by atoms with van der Waals surface area (Å²) < 4.78 is 26.9. The predicted octanol–water partition coefficient (Wildman–Crippen LogP) is 5.92. The van der Waals surface area contributed by atoms with E-state index in [4.69, 9.17) is 26.1 Å². The van der Waals surface area contributed by atoms with Gasteiger partial charge in [-0.05, 0) is 49.7 Å². The van der Waals surface area contributed by atoms with Crippen LogP contribution in [0, 0.1) is 5.92 Å². The van der Waals surface area contributed by atoms with Crippen molar-refractivity contribution in [2.45, 2.75) is 26.0 Å². The summed E-state index contributed by atoms with van der Waals surface area (Å²) in [6.07, 6.45) is 7.49. The average molecular weight is 519 g/mol. The fourth-order valence-electron chi connectivity index (χ4n) is 5.42. The summed E-state index contributed by atoms with van der Waals surface area (Å²) in [7, 11) is 1.65. The van der Waals surface area contributed by atoms with Crippen LogP contribution in [0.4, 0.5) is 4.39 Å². The van der Waals surface area contributed by atoms with E-state index in [0.717, 1.165) is 70.3 Å². The summed E-state index contributed by atoms with van der Waals surface area (Å²) in [4.78, 5) is 11.3. The van der Waals surface area contributed by atoms with Gasteiger partial charge in [-0.3, -0.25) is 14.3 Å². The van der Waals surface area contributed by atoms with Crippen LogP contribution in [0.1, 0.15) is 36.2 Å². The van der Waals surface area contributed by atoms with Gasteiger partial charge in [0, 0.05) is 78.7 Å². The number of pyridine rings is 2. The molecule has 1 fully saturated rings. The molecule has 0 atom stereocenters. The minimum Gasteiger partial charge on any atom is -0.497 e. The second kappa shape index (κ2) is 9.15. The van der Waals surface area contributed by atoms with E-state index in [0.29, 0.717) is 5.02 Å². The maximum atomic E-state index is 12.8. The van der Waals surface area contributed by atoms with Crippen LogP contribution in [-0.2, 0) is 6.54 Å². The van der Waals surface area contributed by atoms with Gasteiger partial charge in [-0.1, -0.05) is 11.6 Å². The van der Waals surface area contributed by atoms with Gasteiger partial charge < -0.3 is 13.9 Å². The lowest BCUT2D eigenvalue weighted by Crippen LogP contribution is -2.46. The summed E-state index contributed by atoms with van der Waals surface area (Å²) in [6, 6.07) is 12.0. The molecule has 0 N–H and O–H groups in total. The van der Waals surface area contributed by atoms with Gasteiger partial charge in [-0.15, -0.1) is 0 Å². The van der Waals surface area contributed by atoms with Gasteiger partial charge in [0.1, 0.15) is 22.7 Å². The topological polar surface area (TPSA) is 51.9 Å². The van der Waals surface area contributed by atoms with Gasteiger partial charge >= 0.3 is 0 Å². The van der Waals surface area contributed by atoms with Crippen molar-refractivity contribution in [2.75, 3.05) is 26.9 Å². The number of aromatic nitrogens is 3. The number of benzene rings is 1. The number of hydrogen-bond acceptors (Lipinski definition) is 5. The molecule has 1 aromatic carbocycles. The highest BCUT2D eigenvalue weighted by atomic mass is 35.5. The number of likely N-dealkylation sites (tertiary alicyclic amines) is 1. The summed E-state index contributed by atoms with van der Waals surface area (Å²) in [5, 5.41) is 0.564. The van der Waals surface area contributed by atoms with Gasteiger partial charge in [-0.2, -0.15) is 0 Å². The third-order valence-corrected chi connectivity index (χ3v) is 7.45. The lowest BCUT2D eigenvalue weighted by atomic mass is 9.79. The minimum absolute atomic E-state index is 0.157. The molecular weight excluding hydrogens is 491 g/mol. The molecule has 0 aliphatic carbocycles. The molecule has 6 nitrogen and oxygen atoms in total. The smallest absolute Gasteiger partial charge is 0.137 e. The fraction of sp³-hybridized carbons (Fsp3) is 0.310. The Morgan fingerprint density at radius 2 is 2.00 bits per heavy atom. The number of methoxy groups -OCH3 is 1. The fourth-order valence-corrected chi connectivity index (χ4v) is 5.63. The molecule has 0 spiro atoms. The molecule has 1 saturated heterocycles. The Kier molecular flexibility index (Phi) is 5.92. The molecule has 37 heavy (non-hydrogen) atoms. The number of nitrogens with zero attached hydrogens (tertiary/aromatic N) is 4. The van der Waals surface area contributed by atoms with E-state index in [1.165, 1.54) is 0 Å². The van der Waals surface area contributed by atoms with Crippen LogP contribution in [0.5, 0.6) is 11.5 Å². The molecule has 0 amide bonds. The van der Waals surface area contributed by atoms with Crippen molar-refractivity contribution in [1.82, 2.24) is 19.3 Å². The van der Waals surface area contributed by atoms with E-state index in [9.17, 15) is 4.39 Å². The molecule has 0 saturated carbocycles. The van der Waals surface area contributed by atoms with Crippen LogP contribution in [0.15, 0.2) is 61.2 Å². The Labute approximate surface area is 220 Å². The average Bonchev–Trinajstić information content (AvgIpc) is 3.26. The van der Waals surface area contributed by atoms with Gasteiger partial charge in [0.05, 0.1) is 24.5 Å². The Morgan fingerprint density at radius 3 is 2.76 bits per heavy atom. The number of imidazole rings is 1. The molecular formula is C29H28ClFN4O2. The highest BCUT2D eigenvalue weighted by Crippen LogP contribution is 2.50. The number of fused-ring (bicyclic) bond motifs is 2. The Balaban J connectivity index is 1.50. The second-order valence-electron chi connectivity index (χ2n) is 10.2. The first kappa shape index (κ1) is 23.9. The second-order valence-corrected chi connectivity index (χ2v) is 10.6. The number of alkyl halides is 1. The maximum absolute atomic E-state index is 12.8. The van der Waals surface area contributed by atoms with Gasteiger partial charge in [-0.25, -0.2) is 4.98 Å². The lowest BCUT2D eigenvalue weighted by Gasteiger charge is -2.38. The molecule has 2 aliphatic heterocycles. The first-order valence-corrected chi connectivity index (χ1v) is 12.7. The third-order valence-electron chi connectivity index (χ3n) is 7.15. The van der Waals surface area contributed by atoms with Crippen molar-refractivity contribution in [2.24, 2.45) is 5.92 Å². The Morgan fingerprint density at radius 1 is 1.16 bits per heavy atom.